The Morgan fingerprint density at radius 1 is 0.844 bits per heavy atom. The highest BCUT2D eigenvalue weighted by molar-refractivity contribution is 6.07. The van der Waals surface area contributed by atoms with Crippen molar-refractivity contribution in [2.45, 2.75) is 13.5 Å². The van der Waals surface area contributed by atoms with Crippen LogP contribution in [0.4, 0.5) is 0 Å². The summed E-state index contributed by atoms with van der Waals surface area (Å²) in [6.07, 6.45) is 0. The molecule has 2 heterocycles. The van der Waals surface area contributed by atoms with Gasteiger partial charge < -0.3 is 4.90 Å². The van der Waals surface area contributed by atoms with Crippen LogP contribution in [-0.4, -0.2) is 46.9 Å². The Balaban J connectivity index is 1.39. The summed E-state index contributed by atoms with van der Waals surface area (Å²) in [4.78, 5) is 22.8. The van der Waals surface area contributed by atoms with Crippen LogP contribution in [0.1, 0.15) is 21.5 Å². The van der Waals surface area contributed by atoms with Gasteiger partial charge in [0.15, 0.2) is 0 Å². The summed E-state index contributed by atoms with van der Waals surface area (Å²) in [7, 11) is 0. The largest absolute Gasteiger partial charge is 0.336 e. The van der Waals surface area contributed by atoms with E-state index in [1.165, 1.54) is 11.1 Å². The van der Waals surface area contributed by atoms with Gasteiger partial charge in [0, 0.05) is 43.7 Å². The van der Waals surface area contributed by atoms with E-state index in [-0.39, 0.29) is 5.91 Å². The van der Waals surface area contributed by atoms with Crippen molar-refractivity contribution in [1.82, 2.24) is 14.8 Å². The van der Waals surface area contributed by atoms with E-state index < -0.39 is 0 Å². The molecule has 32 heavy (non-hydrogen) atoms. The number of carbonyl (C=O) groups is 1. The first kappa shape index (κ1) is 20.4. The number of benzene rings is 3. The second kappa shape index (κ2) is 8.93. The van der Waals surface area contributed by atoms with Gasteiger partial charge in [-0.15, -0.1) is 0 Å². The number of hydrogen-bond acceptors (Lipinski definition) is 3. The van der Waals surface area contributed by atoms with Gasteiger partial charge in [-0.1, -0.05) is 78.4 Å². The Bertz CT molecular complexity index is 1230. The summed E-state index contributed by atoms with van der Waals surface area (Å²) in [5.74, 6) is 0.0938. The zero-order chi connectivity index (χ0) is 21.9. The molecule has 0 unspecified atom stereocenters. The molecule has 3 aromatic carbocycles. The Kier molecular flexibility index (Phi) is 5.70. The first-order valence-electron chi connectivity index (χ1n) is 11.2. The molecule has 0 N–H and O–H groups in total. The lowest BCUT2D eigenvalue weighted by molar-refractivity contribution is 0.0630. The minimum Gasteiger partial charge on any atom is -0.336 e. The Morgan fingerprint density at radius 2 is 1.53 bits per heavy atom. The highest BCUT2D eigenvalue weighted by atomic mass is 16.2. The zero-order valence-corrected chi connectivity index (χ0v) is 18.4. The van der Waals surface area contributed by atoms with E-state index in [2.05, 4.69) is 60.4 Å². The number of fused-ring (bicyclic) bond motifs is 1. The number of aromatic nitrogens is 1. The second-order valence-electron chi connectivity index (χ2n) is 8.49. The summed E-state index contributed by atoms with van der Waals surface area (Å²) >= 11 is 0. The maximum Gasteiger partial charge on any atom is 0.254 e. The molecule has 5 rings (SSSR count). The molecule has 1 amide bonds. The average molecular weight is 422 g/mol. The second-order valence-corrected chi connectivity index (χ2v) is 8.49. The smallest absolute Gasteiger partial charge is 0.254 e. The van der Waals surface area contributed by atoms with Gasteiger partial charge in [0.2, 0.25) is 0 Å². The molecule has 4 aromatic rings. The maximum absolute atomic E-state index is 13.6. The lowest BCUT2D eigenvalue weighted by atomic mass is 10.0. The van der Waals surface area contributed by atoms with Crippen molar-refractivity contribution in [3.63, 3.8) is 0 Å². The Morgan fingerprint density at radius 3 is 2.28 bits per heavy atom. The molecular formula is C28H27N3O. The van der Waals surface area contributed by atoms with Gasteiger partial charge >= 0.3 is 0 Å². The third kappa shape index (κ3) is 4.27. The minimum atomic E-state index is 0.0938. The molecule has 1 aliphatic rings. The van der Waals surface area contributed by atoms with E-state index in [0.29, 0.717) is 0 Å². The van der Waals surface area contributed by atoms with Crippen LogP contribution in [0.2, 0.25) is 0 Å². The van der Waals surface area contributed by atoms with Crippen molar-refractivity contribution in [3.8, 4) is 11.3 Å². The van der Waals surface area contributed by atoms with Crippen LogP contribution in [0, 0.1) is 6.92 Å². The van der Waals surface area contributed by atoms with Gasteiger partial charge in [0.25, 0.3) is 5.91 Å². The molecule has 0 aliphatic carbocycles. The van der Waals surface area contributed by atoms with E-state index in [4.69, 9.17) is 4.98 Å². The lowest BCUT2D eigenvalue weighted by Crippen LogP contribution is -2.48. The van der Waals surface area contributed by atoms with Gasteiger partial charge in [-0.2, -0.15) is 0 Å². The number of pyridine rings is 1. The number of rotatable bonds is 4. The molecule has 0 atom stereocenters. The standard InChI is InChI=1S/C28H27N3O/c1-21-11-13-23(14-12-21)27-19-25(24-9-5-6-10-26(24)29-27)28(32)31-17-15-30(16-18-31)20-22-7-3-2-4-8-22/h2-14,19H,15-18,20H2,1H3. The summed E-state index contributed by atoms with van der Waals surface area (Å²) in [6.45, 7) is 6.25. The fraction of sp³-hybridized carbons (Fsp3) is 0.214. The molecule has 0 radical (unpaired) electrons. The summed E-state index contributed by atoms with van der Waals surface area (Å²) in [5, 5.41) is 0.917. The molecule has 1 aromatic heterocycles. The number of amides is 1. The van der Waals surface area contributed by atoms with E-state index in [0.717, 1.165) is 60.4 Å². The van der Waals surface area contributed by atoms with Crippen LogP contribution in [0.25, 0.3) is 22.2 Å². The lowest BCUT2D eigenvalue weighted by Gasteiger charge is -2.35. The number of piperazine rings is 1. The maximum atomic E-state index is 13.6. The molecule has 1 aliphatic heterocycles. The molecule has 1 saturated heterocycles. The molecule has 1 fully saturated rings. The number of para-hydroxylation sites is 1. The number of hydrogen-bond donors (Lipinski definition) is 0. The molecule has 4 nitrogen and oxygen atoms in total. The van der Waals surface area contributed by atoms with E-state index in [1.54, 1.807) is 0 Å². The minimum absolute atomic E-state index is 0.0938. The van der Waals surface area contributed by atoms with Crippen molar-refractivity contribution in [1.29, 1.82) is 0 Å². The van der Waals surface area contributed by atoms with E-state index in [1.807, 2.05) is 41.3 Å². The third-order valence-electron chi connectivity index (χ3n) is 6.20. The normalized spacial score (nSPS) is 14.6. The van der Waals surface area contributed by atoms with Crippen LogP contribution < -0.4 is 0 Å². The van der Waals surface area contributed by atoms with Crippen molar-refractivity contribution in [2.24, 2.45) is 0 Å². The fourth-order valence-corrected chi connectivity index (χ4v) is 4.35. The van der Waals surface area contributed by atoms with Crippen molar-refractivity contribution >= 4 is 16.8 Å². The summed E-state index contributed by atoms with van der Waals surface area (Å²) < 4.78 is 0. The zero-order valence-electron chi connectivity index (χ0n) is 18.4. The SMILES string of the molecule is Cc1ccc(-c2cc(C(=O)N3CCN(Cc4ccccc4)CC3)c3ccccc3n2)cc1. The monoisotopic (exact) mass is 421 g/mol. The predicted molar refractivity (Wildman–Crippen MR) is 130 cm³/mol. The van der Waals surface area contributed by atoms with Crippen molar-refractivity contribution in [2.75, 3.05) is 26.2 Å². The van der Waals surface area contributed by atoms with Crippen molar-refractivity contribution in [3.05, 3.63) is 102 Å². The van der Waals surface area contributed by atoms with Gasteiger partial charge in [-0.3, -0.25) is 9.69 Å². The molecule has 4 heteroatoms. The van der Waals surface area contributed by atoms with Crippen LogP contribution in [0.5, 0.6) is 0 Å². The average Bonchev–Trinajstić information content (AvgIpc) is 2.84. The highest BCUT2D eigenvalue weighted by Crippen LogP contribution is 2.26. The molecule has 0 saturated carbocycles. The topological polar surface area (TPSA) is 36.4 Å². The molecule has 160 valence electrons. The van der Waals surface area contributed by atoms with Gasteiger partial charge in [-0.25, -0.2) is 4.98 Å². The predicted octanol–water partition coefficient (Wildman–Crippen LogP) is 5.17. The number of carbonyl (C=O) groups excluding carboxylic acids is 1. The number of nitrogens with zero attached hydrogens (tertiary/aromatic N) is 3. The van der Waals surface area contributed by atoms with E-state index in [9.17, 15) is 4.79 Å². The van der Waals surface area contributed by atoms with Crippen LogP contribution in [0.15, 0.2) is 84.9 Å². The van der Waals surface area contributed by atoms with Crippen LogP contribution in [-0.2, 0) is 6.54 Å². The third-order valence-corrected chi connectivity index (χ3v) is 6.20. The van der Waals surface area contributed by atoms with Crippen LogP contribution in [0.3, 0.4) is 0 Å². The van der Waals surface area contributed by atoms with Gasteiger partial charge in [0.05, 0.1) is 16.8 Å². The van der Waals surface area contributed by atoms with Crippen LogP contribution >= 0.6 is 0 Å². The van der Waals surface area contributed by atoms with Gasteiger partial charge in [-0.05, 0) is 24.6 Å². The fourth-order valence-electron chi connectivity index (χ4n) is 4.35. The number of aryl methyl sites for hydroxylation is 1. The molecule has 0 bridgehead atoms. The first-order chi connectivity index (χ1) is 15.7. The Labute approximate surface area is 189 Å². The summed E-state index contributed by atoms with van der Waals surface area (Å²) in [6, 6.07) is 28.7. The van der Waals surface area contributed by atoms with E-state index >= 15 is 0 Å². The quantitative estimate of drug-likeness (QED) is 0.456. The molecular weight excluding hydrogens is 394 g/mol. The van der Waals surface area contributed by atoms with Gasteiger partial charge in [0.1, 0.15) is 0 Å². The van der Waals surface area contributed by atoms with Crippen molar-refractivity contribution < 1.29 is 4.79 Å². The summed E-state index contributed by atoms with van der Waals surface area (Å²) in [5.41, 5.74) is 5.99. The molecule has 0 spiro atoms. The first-order valence-corrected chi connectivity index (χ1v) is 11.2. The Hall–Kier alpha value is -3.50. The highest BCUT2D eigenvalue weighted by Gasteiger charge is 2.24.